The predicted molar refractivity (Wildman–Crippen MR) is 140 cm³/mol. The molecule has 0 spiro atoms. The standard InChI is InChI=1S/C28H24N4O5S/c33-14-17-5-7-18(8-6-17)24-13-21(15-38-28-29-16-30-31-28)36-27(37-24)19-9-11-20(12-10-19)32-25(34)22-3-1-2-4-23(22)26(32)35/h1-12,16,21,24,27,33H,13-15H2,(H,29,30,31). The molecule has 3 unspecified atom stereocenters. The number of hydrogen-bond donors (Lipinski definition) is 2. The summed E-state index contributed by atoms with van der Waals surface area (Å²) < 4.78 is 12.7. The number of hydrogen-bond acceptors (Lipinski definition) is 8. The number of carbonyl (C=O) groups is 2. The van der Waals surface area contributed by atoms with Crippen LogP contribution in [0.15, 0.2) is 84.3 Å². The summed E-state index contributed by atoms with van der Waals surface area (Å²) in [6.45, 7) is -0.0204. The largest absolute Gasteiger partial charge is 0.392 e. The maximum absolute atomic E-state index is 12.9. The first-order chi connectivity index (χ1) is 18.6. The maximum Gasteiger partial charge on any atom is 0.266 e. The molecule has 38 heavy (non-hydrogen) atoms. The molecule has 9 nitrogen and oxygen atoms in total. The van der Waals surface area contributed by atoms with Gasteiger partial charge in [0.05, 0.1) is 35.6 Å². The second-order valence-corrected chi connectivity index (χ2v) is 10.0. The molecule has 3 heterocycles. The average Bonchev–Trinajstić information content (AvgIpc) is 3.58. The van der Waals surface area contributed by atoms with E-state index in [2.05, 4.69) is 15.2 Å². The van der Waals surface area contributed by atoms with Crippen LogP contribution < -0.4 is 4.90 Å². The SMILES string of the molecule is O=C1c2ccccc2C(=O)N1c1ccc(C2OC(CSc3ncn[nH]3)CC(c3ccc(CO)cc3)O2)cc1. The molecule has 3 atom stereocenters. The summed E-state index contributed by atoms with van der Waals surface area (Å²) in [5, 5.41) is 16.9. The van der Waals surface area contributed by atoms with Gasteiger partial charge in [0, 0.05) is 17.7 Å². The van der Waals surface area contributed by atoms with Crippen molar-refractivity contribution < 1.29 is 24.2 Å². The maximum atomic E-state index is 12.9. The molecule has 0 saturated carbocycles. The van der Waals surface area contributed by atoms with E-state index in [-0.39, 0.29) is 30.6 Å². The number of fused-ring (bicyclic) bond motifs is 1. The van der Waals surface area contributed by atoms with Crippen molar-refractivity contribution in [3.8, 4) is 0 Å². The van der Waals surface area contributed by atoms with Gasteiger partial charge < -0.3 is 14.6 Å². The van der Waals surface area contributed by atoms with E-state index in [0.29, 0.717) is 34.1 Å². The molecule has 4 aromatic rings. The fourth-order valence-electron chi connectivity index (χ4n) is 4.66. The Morgan fingerprint density at radius 3 is 2.24 bits per heavy atom. The normalized spacial score (nSPS) is 21.1. The number of carbonyl (C=O) groups excluding carboxylic acids is 2. The fourth-order valence-corrected chi connectivity index (χ4v) is 5.46. The van der Waals surface area contributed by atoms with Crippen LogP contribution in [0.5, 0.6) is 0 Å². The van der Waals surface area contributed by atoms with Gasteiger partial charge in [-0.15, -0.1) is 0 Å². The molecule has 6 rings (SSSR count). The number of aliphatic hydroxyl groups is 1. The zero-order chi connectivity index (χ0) is 26.1. The molecule has 0 aliphatic carbocycles. The van der Waals surface area contributed by atoms with Gasteiger partial charge in [-0.3, -0.25) is 14.7 Å². The monoisotopic (exact) mass is 528 g/mol. The van der Waals surface area contributed by atoms with Gasteiger partial charge in [0.1, 0.15) is 6.33 Å². The van der Waals surface area contributed by atoms with E-state index in [1.807, 2.05) is 36.4 Å². The van der Waals surface area contributed by atoms with E-state index in [9.17, 15) is 14.7 Å². The Labute approximate surface area is 222 Å². The average molecular weight is 529 g/mol. The minimum atomic E-state index is -0.650. The topological polar surface area (TPSA) is 118 Å². The molecule has 1 saturated heterocycles. The van der Waals surface area contributed by atoms with Crippen LogP contribution in [0.3, 0.4) is 0 Å². The lowest BCUT2D eigenvalue weighted by Gasteiger charge is -2.36. The number of amides is 2. The molecule has 2 N–H and O–H groups in total. The van der Waals surface area contributed by atoms with E-state index >= 15 is 0 Å². The summed E-state index contributed by atoms with van der Waals surface area (Å²) in [6.07, 6.45) is 1.10. The van der Waals surface area contributed by atoms with Crippen molar-refractivity contribution in [2.75, 3.05) is 10.7 Å². The minimum Gasteiger partial charge on any atom is -0.392 e. The van der Waals surface area contributed by atoms with Gasteiger partial charge in [0.25, 0.3) is 11.8 Å². The Hall–Kier alpha value is -3.83. The summed E-state index contributed by atoms with van der Waals surface area (Å²) in [5.41, 5.74) is 3.90. The molecule has 1 aromatic heterocycles. The number of ether oxygens (including phenoxy) is 2. The number of nitrogens with zero attached hydrogens (tertiary/aromatic N) is 3. The highest BCUT2D eigenvalue weighted by molar-refractivity contribution is 7.99. The summed E-state index contributed by atoms with van der Waals surface area (Å²) in [4.78, 5) is 31.1. The van der Waals surface area contributed by atoms with Gasteiger partial charge in [-0.2, -0.15) is 5.10 Å². The van der Waals surface area contributed by atoms with Gasteiger partial charge >= 0.3 is 0 Å². The number of imide groups is 1. The Morgan fingerprint density at radius 1 is 0.921 bits per heavy atom. The zero-order valence-electron chi connectivity index (χ0n) is 20.2. The molecule has 2 aliphatic heterocycles. The number of H-pyrrole nitrogens is 1. The Morgan fingerprint density at radius 2 is 1.61 bits per heavy atom. The van der Waals surface area contributed by atoms with Crippen LogP contribution >= 0.6 is 11.8 Å². The highest BCUT2D eigenvalue weighted by Crippen LogP contribution is 2.40. The number of aromatic amines is 1. The lowest BCUT2D eigenvalue weighted by Crippen LogP contribution is -2.31. The van der Waals surface area contributed by atoms with Gasteiger partial charge in [-0.05, 0) is 35.4 Å². The van der Waals surface area contributed by atoms with E-state index in [4.69, 9.17) is 9.47 Å². The fraction of sp³-hybridized carbons (Fsp3) is 0.214. The van der Waals surface area contributed by atoms with E-state index in [0.717, 1.165) is 16.7 Å². The first kappa shape index (κ1) is 24.5. The van der Waals surface area contributed by atoms with Crippen molar-refractivity contribution in [1.29, 1.82) is 0 Å². The second-order valence-electron chi connectivity index (χ2n) is 9.03. The number of aromatic nitrogens is 3. The number of thioether (sulfide) groups is 1. The molecule has 0 bridgehead atoms. The van der Waals surface area contributed by atoms with Crippen LogP contribution in [0, 0.1) is 0 Å². The first-order valence-corrected chi connectivity index (χ1v) is 13.2. The van der Waals surface area contributed by atoms with Crippen molar-refractivity contribution in [2.45, 2.75) is 36.7 Å². The molecule has 10 heteroatoms. The predicted octanol–water partition coefficient (Wildman–Crippen LogP) is 4.44. The third-order valence-corrected chi connectivity index (χ3v) is 7.64. The highest BCUT2D eigenvalue weighted by atomic mass is 32.2. The summed E-state index contributed by atoms with van der Waals surface area (Å²) >= 11 is 1.52. The third kappa shape index (κ3) is 4.74. The molecule has 1 fully saturated rings. The van der Waals surface area contributed by atoms with E-state index in [1.54, 1.807) is 36.4 Å². The quantitative estimate of drug-likeness (QED) is 0.267. The number of aliphatic hydroxyl groups excluding tert-OH is 1. The van der Waals surface area contributed by atoms with Crippen molar-refractivity contribution >= 4 is 29.3 Å². The van der Waals surface area contributed by atoms with Crippen molar-refractivity contribution in [2.24, 2.45) is 0 Å². The van der Waals surface area contributed by atoms with Gasteiger partial charge in [0.2, 0.25) is 0 Å². The van der Waals surface area contributed by atoms with Crippen molar-refractivity contribution in [3.05, 3.63) is 107 Å². The molecular weight excluding hydrogens is 504 g/mol. The highest BCUT2D eigenvalue weighted by Gasteiger charge is 2.37. The van der Waals surface area contributed by atoms with Crippen LogP contribution in [0.4, 0.5) is 5.69 Å². The Bertz CT molecular complexity index is 1410. The molecule has 2 amide bonds. The van der Waals surface area contributed by atoms with Crippen molar-refractivity contribution in [3.63, 3.8) is 0 Å². The van der Waals surface area contributed by atoms with Gasteiger partial charge in [0.15, 0.2) is 11.4 Å². The zero-order valence-corrected chi connectivity index (χ0v) is 21.0. The van der Waals surface area contributed by atoms with Crippen LogP contribution in [-0.2, 0) is 16.1 Å². The van der Waals surface area contributed by atoms with Gasteiger partial charge in [-0.1, -0.05) is 60.3 Å². The molecule has 192 valence electrons. The number of benzene rings is 3. The lowest BCUT2D eigenvalue weighted by molar-refractivity contribution is -0.245. The van der Waals surface area contributed by atoms with Crippen LogP contribution in [-0.4, -0.2) is 44.0 Å². The Kier molecular flexibility index (Phi) is 6.77. The van der Waals surface area contributed by atoms with Crippen LogP contribution in [0.2, 0.25) is 0 Å². The smallest absolute Gasteiger partial charge is 0.266 e. The molecule has 0 radical (unpaired) electrons. The summed E-state index contributed by atoms with van der Waals surface area (Å²) in [6, 6.07) is 21.6. The minimum absolute atomic E-state index is 0.0204. The number of anilines is 1. The summed E-state index contributed by atoms with van der Waals surface area (Å²) in [5.74, 6) is -0.0215. The van der Waals surface area contributed by atoms with Crippen LogP contribution in [0.25, 0.3) is 0 Å². The molecule has 3 aromatic carbocycles. The van der Waals surface area contributed by atoms with Gasteiger partial charge in [-0.25, -0.2) is 9.88 Å². The molecule has 2 aliphatic rings. The van der Waals surface area contributed by atoms with Crippen LogP contribution in [0.1, 0.15) is 56.2 Å². The van der Waals surface area contributed by atoms with Crippen molar-refractivity contribution in [1.82, 2.24) is 15.2 Å². The number of rotatable bonds is 7. The summed E-state index contributed by atoms with van der Waals surface area (Å²) in [7, 11) is 0. The second kappa shape index (κ2) is 10.5. The third-order valence-electron chi connectivity index (χ3n) is 6.63. The Balaban J connectivity index is 1.23. The molecular formula is C28H24N4O5S. The lowest BCUT2D eigenvalue weighted by atomic mass is 10.0. The number of nitrogens with one attached hydrogen (secondary N) is 1. The van der Waals surface area contributed by atoms with E-state index < -0.39 is 6.29 Å². The first-order valence-electron chi connectivity index (χ1n) is 12.2. The van der Waals surface area contributed by atoms with E-state index in [1.165, 1.54) is 23.0 Å².